The molecule has 0 aliphatic carbocycles. The quantitative estimate of drug-likeness (QED) is 0.289. The Kier molecular flexibility index (Phi) is 3.74. The molecule has 1 unspecified atom stereocenters. The molecule has 1 aliphatic rings. The van der Waals surface area contributed by atoms with Gasteiger partial charge in [-0.05, 0) is 0 Å². The fourth-order valence-corrected chi connectivity index (χ4v) is 0.556. The van der Waals surface area contributed by atoms with E-state index in [0.29, 0.717) is 6.61 Å². The molecule has 0 aromatic heterocycles. The molecule has 0 saturated carbocycles. The third kappa shape index (κ3) is 5.11. The molecule has 2 N–H and O–H groups in total. The molecular formula is C6H12O5. The zero-order chi connectivity index (χ0) is 8.10. The number of rotatable bonds is 6. The molecule has 66 valence electrons. The fourth-order valence-electron chi connectivity index (χ4n) is 0.556. The van der Waals surface area contributed by atoms with Crippen LogP contribution in [0.3, 0.4) is 0 Å². The average molecular weight is 164 g/mol. The van der Waals surface area contributed by atoms with E-state index in [0.717, 1.165) is 6.61 Å². The molecule has 1 saturated heterocycles. The molecule has 0 aromatic rings. The van der Waals surface area contributed by atoms with E-state index in [2.05, 4.69) is 0 Å². The van der Waals surface area contributed by atoms with Gasteiger partial charge in [0.2, 0.25) is 0 Å². The molecule has 11 heavy (non-hydrogen) atoms. The third-order valence-corrected chi connectivity index (χ3v) is 1.14. The monoisotopic (exact) mass is 164 g/mol. The van der Waals surface area contributed by atoms with E-state index in [1.54, 1.807) is 0 Å². The molecule has 0 radical (unpaired) electrons. The summed E-state index contributed by atoms with van der Waals surface area (Å²) in [4.78, 5) is 0. The highest BCUT2D eigenvalue weighted by atomic mass is 16.7. The first-order valence-corrected chi connectivity index (χ1v) is 3.42. The van der Waals surface area contributed by atoms with E-state index in [1.807, 2.05) is 0 Å². The second-order valence-electron chi connectivity index (χ2n) is 2.30. The molecule has 1 heterocycles. The van der Waals surface area contributed by atoms with Crippen LogP contribution in [0, 0.1) is 0 Å². The molecule has 1 aliphatic heterocycles. The average Bonchev–Trinajstić information content (AvgIpc) is 2.70. The minimum Gasteiger partial charge on any atom is -0.371 e. The molecule has 1 fully saturated rings. The Morgan fingerprint density at radius 2 is 2.18 bits per heavy atom. The van der Waals surface area contributed by atoms with Crippen molar-refractivity contribution in [3.8, 4) is 0 Å². The van der Waals surface area contributed by atoms with Crippen molar-refractivity contribution in [3.63, 3.8) is 0 Å². The highest BCUT2D eigenvalue weighted by Crippen LogP contribution is 2.07. The second kappa shape index (κ2) is 4.63. The Morgan fingerprint density at radius 1 is 1.45 bits per heavy atom. The summed E-state index contributed by atoms with van der Waals surface area (Å²) >= 11 is 0. The fraction of sp³-hybridized carbons (Fsp3) is 1.00. The molecule has 1 atom stereocenters. The van der Waals surface area contributed by atoms with Crippen molar-refractivity contribution in [1.82, 2.24) is 0 Å². The first-order chi connectivity index (χ1) is 5.29. The van der Waals surface area contributed by atoms with Crippen LogP contribution in [0.15, 0.2) is 0 Å². The van der Waals surface area contributed by atoms with Crippen molar-refractivity contribution in [3.05, 3.63) is 0 Å². The predicted molar refractivity (Wildman–Crippen MR) is 34.7 cm³/mol. The third-order valence-electron chi connectivity index (χ3n) is 1.14. The van der Waals surface area contributed by atoms with Crippen molar-refractivity contribution in [2.75, 3.05) is 26.6 Å². The van der Waals surface area contributed by atoms with Gasteiger partial charge in [-0.2, -0.15) is 0 Å². The Bertz CT molecular complexity index is 97.1. The van der Waals surface area contributed by atoms with Crippen LogP contribution in [0.2, 0.25) is 0 Å². The summed E-state index contributed by atoms with van der Waals surface area (Å²) in [6.07, 6.45) is -1.20. The number of hydrogen-bond acceptors (Lipinski definition) is 5. The molecular weight excluding hydrogens is 152 g/mol. The van der Waals surface area contributed by atoms with E-state index >= 15 is 0 Å². The Hall–Kier alpha value is -0.200. The Balaban J connectivity index is 1.73. The van der Waals surface area contributed by atoms with Gasteiger partial charge in [-0.1, -0.05) is 0 Å². The van der Waals surface area contributed by atoms with E-state index in [1.165, 1.54) is 0 Å². The van der Waals surface area contributed by atoms with Gasteiger partial charge in [0.1, 0.15) is 19.5 Å². The topological polar surface area (TPSA) is 71.5 Å². The lowest BCUT2D eigenvalue weighted by atomic mass is 10.5. The molecule has 5 heteroatoms. The Labute approximate surface area is 64.5 Å². The molecule has 0 spiro atoms. The summed E-state index contributed by atoms with van der Waals surface area (Å²) in [5.41, 5.74) is 0. The van der Waals surface area contributed by atoms with Crippen LogP contribution in [0.4, 0.5) is 0 Å². The minimum atomic E-state index is -1.42. The maximum Gasteiger partial charge on any atom is 0.175 e. The van der Waals surface area contributed by atoms with Crippen LogP contribution >= 0.6 is 0 Å². The molecule has 0 amide bonds. The number of ether oxygens (including phenoxy) is 3. The van der Waals surface area contributed by atoms with Crippen LogP contribution in [0.25, 0.3) is 0 Å². The number of aliphatic hydroxyl groups excluding tert-OH is 1. The van der Waals surface area contributed by atoms with E-state index < -0.39 is 6.29 Å². The smallest absolute Gasteiger partial charge is 0.175 e. The number of epoxide rings is 1. The number of aliphatic hydroxyl groups is 2. The Morgan fingerprint density at radius 3 is 2.73 bits per heavy atom. The van der Waals surface area contributed by atoms with Gasteiger partial charge < -0.3 is 24.4 Å². The maximum atomic E-state index is 8.32. The van der Waals surface area contributed by atoms with Gasteiger partial charge in [0.05, 0.1) is 13.2 Å². The zero-order valence-electron chi connectivity index (χ0n) is 6.10. The summed E-state index contributed by atoms with van der Waals surface area (Å²) in [6, 6.07) is 0. The second-order valence-corrected chi connectivity index (χ2v) is 2.30. The zero-order valence-corrected chi connectivity index (χ0v) is 6.10. The van der Waals surface area contributed by atoms with Crippen molar-refractivity contribution in [1.29, 1.82) is 0 Å². The lowest BCUT2D eigenvalue weighted by Gasteiger charge is -2.04. The first-order valence-electron chi connectivity index (χ1n) is 3.42. The van der Waals surface area contributed by atoms with Gasteiger partial charge in [0.15, 0.2) is 6.29 Å². The summed E-state index contributed by atoms with van der Waals surface area (Å²) in [5.74, 6) is 0. The van der Waals surface area contributed by atoms with Crippen LogP contribution in [-0.2, 0) is 14.2 Å². The van der Waals surface area contributed by atoms with Crippen molar-refractivity contribution < 1.29 is 24.4 Å². The summed E-state index contributed by atoms with van der Waals surface area (Å²) in [7, 11) is 0. The minimum absolute atomic E-state index is 0.0808. The highest BCUT2D eigenvalue weighted by molar-refractivity contribution is 4.66. The predicted octanol–water partition coefficient (Wildman–Crippen LogP) is -1.31. The summed E-state index contributed by atoms with van der Waals surface area (Å²) in [6.45, 7) is 1.23. The van der Waals surface area contributed by atoms with Crippen molar-refractivity contribution >= 4 is 0 Å². The van der Waals surface area contributed by atoms with Crippen molar-refractivity contribution in [2.45, 2.75) is 12.4 Å². The van der Waals surface area contributed by atoms with Gasteiger partial charge in [-0.3, -0.25) is 0 Å². The standard InChI is InChI=1S/C6H12O5/c7-6(8)3-10-4-9-1-5-2-11-5/h5-8H,1-4H2. The van der Waals surface area contributed by atoms with Gasteiger partial charge in [0.25, 0.3) is 0 Å². The van der Waals surface area contributed by atoms with Crippen LogP contribution < -0.4 is 0 Å². The van der Waals surface area contributed by atoms with Gasteiger partial charge in [0, 0.05) is 0 Å². The summed E-state index contributed by atoms with van der Waals surface area (Å²) in [5, 5.41) is 16.6. The number of hydrogen-bond donors (Lipinski definition) is 2. The van der Waals surface area contributed by atoms with E-state index in [9.17, 15) is 0 Å². The highest BCUT2D eigenvalue weighted by Gasteiger charge is 2.22. The van der Waals surface area contributed by atoms with Crippen LogP contribution in [-0.4, -0.2) is 49.2 Å². The molecule has 0 bridgehead atoms. The van der Waals surface area contributed by atoms with E-state index in [-0.39, 0.29) is 19.5 Å². The molecule has 1 rings (SSSR count). The first kappa shape index (κ1) is 8.89. The van der Waals surface area contributed by atoms with Gasteiger partial charge in [-0.25, -0.2) is 0 Å². The lowest BCUT2D eigenvalue weighted by Crippen LogP contribution is -2.16. The lowest BCUT2D eigenvalue weighted by molar-refractivity contribution is -0.137. The van der Waals surface area contributed by atoms with Crippen molar-refractivity contribution in [2.24, 2.45) is 0 Å². The molecule has 5 nitrogen and oxygen atoms in total. The molecule has 0 aromatic carbocycles. The largest absolute Gasteiger partial charge is 0.371 e. The van der Waals surface area contributed by atoms with Gasteiger partial charge in [-0.15, -0.1) is 0 Å². The normalized spacial score (nSPS) is 22.6. The van der Waals surface area contributed by atoms with Gasteiger partial charge >= 0.3 is 0 Å². The maximum absolute atomic E-state index is 8.32. The summed E-state index contributed by atoms with van der Waals surface area (Å²) < 4.78 is 14.5. The van der Waals surface area contributed by atoms with Crippen LogP contribution in [0.1, 0.15) is 0 Å². The SMILES string of the molecule is OC(O)COCOCC1CO1. The van der Waals surface area contributed by atoms with E-state index in [4.69, 9.17) is 24.4 Å². The van der Waals surface area contributed by atoms with Crippen LogP contribution in [0.5, 0.6) is 0 Å².